The second-order valence-electron chi connectivity index (χ2n) is 5.97. The first-order chi connectivity index (χ1) is 9.10. The van der Waals surface area contributed by atoms with Gasteiger partial charge in [-0.05, 0) is 23.1 Å². The van der Waals surface area contributed by atoms with Crippen LogP contribution in [0.2, 0.25) is 0 Å². The van der Waals surface area contributed by atoms with Crippen LogP contribution in [-0.2, 0) is 14.8 Å². The number of nitrogens with zero attached hydrogens (tertiary/aromatic N) is 1. The Morgan fingerprint density at radius 1 is 1.20 bits per heavy atom. The summed E-state index contributed by atoms with van der Waals surface area (Å²) in [5.74, 6) is -1.26. The molecule has 0 radical (unpaired) electrons. The molecule has 110 valence electrons. The summed E-state index contributed by atoms with van der Waals surface area (Å²) in [5, 5.41) is 9.17. The minimum absolute atomic E-state index is 0.0592. The first-order valence-corrected chi connectivity index (χ1v) is 7.79. The molecule has 0 aliphatic heterocycles. The Labute approximate surface area is 119 Å². The van der Waals surface area contributed by atoms with Crippen LogP contribution in [0, 0.1) is 11.3 Å². The van der Waals surface area contributed by atoms with Crippen molar-refractivity contribution < 1.29 is 18.3 Å². The first-order valence-electron chi connectivity index (χ1n) is 6.35. The van der Waals surface area contributed by atoms with E-state index in [1.54, 1.807) is 12.1 Å². The van der Waals surface area contributed by atoms with Gasteiger partial charge in [-0.2, -0.15) is 0 Å². The maximum atomic E-state index is 12.0. The van der Waals surface area contributed by atoms with Gasteiger partial charge in [-0.3, -0.25) is 4.79 Å². The summed E-state index contributed by atoms with van der Waals surface area (Å²) in [6.45, 7) is 3.84. The van der Waals surface area contributed by atoms with Gasteiger partial charge in [0.1, 0.15) is 0 Å². The van der Waals surface area contributed by atoms with Crippen LogP contribution in [-0.4, -0.2) is 37.9 Å². The number of carboxylic acids is 1. The van der Waals surface area contributed by atoms with E-state index in [1.807, 2.05) is 13.8 Å². The second-order valence-corrected chi connectivity index (χ2v) is 8.12. The van der Waals surface area contributed by atoms with Crippen molar-refractivity contribution in [1.29, 1.82) is 0 Å². The molecule has 1 aromatic carbocycles. The fourth-order valence-corrected chi connectivity index (χ4v) is 3.68. The van der Waals surface area contributed by atoms with Gasteiger partial charge in [-0.25, -0.2) is 12.7 Å². The molecule has 1 N–H and O–H groups in total. The number of benzene rings is 1. The predicted octanol–water partition coefficient (Wildman–Crippen LogP) is 1.76. The van der Waals surface area contributed by atoms with E-state index in [9.17, 15) is 18.3 Å². The van der Waals surface area contributed by atoms with E-state index in [2.05, 4.69) is 0 Å². The van der Waals surface area contributed by atoms with Crippen molar-refractivity contribution in [3.63, 3.8) is 0 Å². The van der Waals surface area contributed by atoms with Crippen LogP contribution in [0.15, 0.2) is 29.2 Å². The van der Waals surface area contributed by atoms with Crippen LogP contribution < -0.4 is 0 Å². The molecular formula is C14H19NO4S. The smallest absolute Gasteiger partial charge is 0.307 e. The monoisotopic (exact) mass is 297 g/mol. The van der Waals surface area contributed by atoms with Crippen LogP contribution >= 0.6 is 0 Å². The lowest BCUT2D eigenvalue weighted by molar-refractivity contribution is -0.139. The molecule has 6 heteroatoms. The molecule has 5 nitrogen and oxygen atoms in total. The molecule has 0 spiro atoms. The van der Waals surface area contributed by atoms with Crippen molar-refractivity contribution in [1.82, 2.24) is 4.31 Å². The average molecular weight is 297 g/mol. The summed E-state index contributed by atoms with van der Waals surface area (Å²) in [5.41, 5.74) is 0.591. The molecule has 2 rings (SSSR count). The summed E-state index contributed by atoms with van der Waals surface area (Å²) < 4.78 is 25.1. The zero-order valence-electron chi connectivity index (χ0n) is 12.0. The highest BCUT2D eigenvalue weighted by Gasteiger charge is 2.62. The summed E-state index contributed by atoms with van der Waals surface area (Å²) in [7, 11) is -0.481. The third-order valence-corrected chi connectivity index (χ3v) is 5.94. The van der Waals surface area contributed by atoms with E-state index in [0.717, 1.165) is 9.87 Å². The number of hydrogen-bond donors (Lipinski definition) is 1. The fraction of sp³-hybridized carbons (Fsp3) is 0.500. The van der Waals surface area contributed by atoms with Crippen molar-refractivity contribution in [3.8, 4) is 0 Å². The Kier molecular flexibility index (Phi) is 3.42. The molecule has 1 aromatic rings. The third kappa shape index (κ3) is 2.23. The van der Waals surface area contributed by atoms with Gasteiger partial charge in [0.05, 0.1) is 10.8 Å². The minimum atomic E-state index is -3.44. The summed E-state index contributed by atoms with van der Waals surface area (Å²) in [6.07, 6.45) is 0. The van der Waals surface area contributed by atoms with Crippen molar-refractivity contribution >= 4 is 16.0 Å². The van der Waals surface area contributed by atoms with Crippen molar-refractivity contribution in [2.75, 3.05) is 14.1 Å². The van der Waals surface area contributed by atoms with Gasteiger partial charge in [0.15, 0.2) is 0 Å². The van der Waals surface area contributed by atoms with E-state index in [0.29, 0.717) is 0 Å². The second kappa shape index (κ2) is 4.56. The van der Waals surface area contributed by atoms with E-state index in [-0.39, 0.29) is 16.2 Å². The zero-order chi connectivity index (χ0) is 15.3. The van der Waals surface area contributed by atoms with E-state index >= 15 is 0 Å². The Balaban J connectivity index is 2.30. The molecule has 2 atom stereocenters. The molecule has 0 amide bonds. The number of aliphatic carboxylic acids is 1. The normalized spacial score (nSPS) is 24.6. The highest BCUT2D eigenvalue weighted by atomic mass is 32.2. The van der Waals surface area contributed by atoms with Crippen molar-refractivity contribution in [3.05, 3.63) is 29.8 Å². The Morgan fingerprint density at radius 2 is 1.70 bits per heavy atom. The van der Waals surface area contributed by atoms with Crippen LogP contribution in [0.4, 0.5) is 0 Å². The number of carboxylic acid groups (broad SMARTS) is 1. The average Bonchev–Trinajstić information content (AvgIpc) is 2.92. The number of sulfonamides is 1. The quantitative estimate of drug-likeness (QED) is 0.919. The van der Waals surface area contributed by atoms with Gasteiger partial charge >= 0.3 is 5.97 Å². The van der Waals surface area contributed by atoms with Gasteiger partial charge in [0.25, 0.3) is 0 Å². The lowest BCUT2D eigenvalue weighted by Crippen LogP contribution is -2.22. The van der Waals surface area contributed by atoms with Gasteiger partial charge in [0.2, 0.25) is 10.0 Å². The maximum Gasteiger partial charge on any atom is 0.307 e. The third-order valence-electron chi connectivity index (χ3n) is 4.11. The highest BCUT2D eigenvalue weighted by molar-refractivity contribution is 7.89. The van der Waals surface area contributed by atoms with Crippen LogP contribution in [0.5, 0.6) is 0 Å². The minimum Gasteiger partial charge on any atom is -0.481 e. The van der Waals surface area contributed by atoms with Crippen molar-refractivity contribution in [2.45, 2.75) is 24.7 Å². The Hall–Kier alpha value is -1.40. The molecule has 20 heavy (non-hydrogen) atoms. The summed E-state index contributed by atoms with van der Waals surface area (Å²) in [4.78, 5) is 11.4. The highest BCUT2D eigenvalue weighted by Crippen LogP contribution is 2.64. The molecule has 1 aliphatic rings. The molecule has 0 aromatic heterocycles. The van der Waals surface area contributed by atoms with Crippen LogP contribution in [0.25, 0.3) is 0 Å². The van der Waals surface area contributed by atoms with E-state index < -0.39 is 21.9 Å². The molecule has 0 unspecified atom stereocenters. The zero-order valence-corrected chi connectivity index (χ0v) is 12.8. The molecule has 0 bridgehead atoms. The lowest BCUT2D eigenvalue weighted by Gasteiger charge is -2.11. The molecule has 0 heterocycles. The van der Waals surface area contributed by atoms with Gasteiger partial charge in [-0.1, -0.05) is 26.0 Å². The van der Waals surface area contributed by atoms with E-state index in [4.69, 9.17) is 0 Å². The van der Waals surface area contributed by atoms with Crippen LogP contribution in [0.1, 0.15) is 25.3 Å². The maximum absolute atomic E-state index is 12.0. The summed E-state index contributed by atoms with van der Waals surface area (Å²) >= 11 is 0. The summed E-state index contributed by atoms with van der Waals surface area (Å²) in [6, 6.07) is 6.51. The lowest BCUT2D eigenvalue weighted by atomic mass is 10.0. The van der Waals surface area contributed by atoms with Crippen LogP contribution in [0.3, 0.4) is 0 Å². The predicted molar refractivity (Wildman–Crippen MR) is 75.0 cm³/mol. The molecular weight excluding hydrogens is 278 g/mol. The van der Waals surface area contributed by atoms with Gasteiger partial charge < -0.3 is 5.11 Å². The molecule has 1 fully saturated rings. The van der Waals surface area contributed by atoms with E-state index in [1.165, 1.54) is 26.2 Å². The first kappa shape index (κ1) is 15.0. The van der Waals surface area contributed by atoms with Gasteiger partial charge in [-0.15, -0.1) is 0 Å². The SMILES string of the molecule is CN(C)S(=O)(=O)c1ccc([C@H]2[C@H](C(=O)O)C2(C)C)cc1. The Morgan fingerprint density at radius 3 is 2.05 bits per heavy atom. The standard InChI is InChI=1S/C14H19NO4S/c1-14(2)11(12(14)13(16)17)9-5-7-10(8-6-9)20(18,19)15(3)4/h5-8,11-12H,1-4H3,(H,16,17)/t11-,12+/m0/s1. The molecule has 1 aliphatic carbocycles. The number of hydrogen-bond acceptors (Lipinski definition) is 3. The number of rotatable bonds is 4. The topological polar surface area (TPSA) is 74.7 Å². The molecule has 1 saturated carbocycles. The number of carbonyl (C=O) groups is 1. The fourth-order valence-electron chi connectivity index (χ4n) is 2.78. The van der Waals surface area contributed by atoms with Gasteiger partial charge in [0, 0.05) is 20.0 Å². The largest absolute Gasteiger partial charge is 0.481 e. The van der Waals surface area contributed by atoms with Crippen molar-refractivity contribution in [2.24, 2.45) is 11.3 Å². The Bertz CT molecular complexity index is 632. The molecule has 0 saturated heterocycles.